The molecule has 132 valence electrons. The quantitative estimate of drug-likeness (QED) is 0.601. The molecule has 0 N–H and O–H groups in total. The van der Waals surface area contributed by atoms with E-state index in [2.05, 4.69) is 15.9 Å². The molecule has 1 fully saturated rings. The molecule has 0 aromatic heterocycles. The third-order valence-corrected chi connectivity index (χ3v) is 4.67. The predicted molar refractivity (Wildman–Crippen MR) is 98.6 cm³/mol. The summed E-state index contributed by atoms with van der Waals surface area (Å²) in [5.41, 5.74) is 1.86. The fraction of sp³-hybridized carbons (Fsp3) is 0.333. The van der Waals surface area contributed by atoms with Gasteiger partial charge in [0.1, 0.15) is 5.75 Å². The van der Waals surface area contributed by atoms with Gasteiger partial charge in [0.2, 0.25) is 0 Å². The van der Waals surface area contributed by atoms with E-state index in [0.29, 0.717) is 17.1 Å². The standard InChI is InChI=1S/C18H20ClN3O3/c1-25-18-5-3-2-4-17(18)21-10-8-20(9-11-21)13-14-12-15(19)6-7-16(14)22(23)24/h2-7,12H,8-11,13H2,1H3. The molecule has 0 amide bonds. The minimum absolute atomic E-state index is 0.122. The number of rotatable bonds is 5. The summed E-state index contributed by atoms with van der Waals surface area (Å²) in [6.07, 6.45) is 0. The van der Waals surface area contributed by atoms with Crippen LogP contribution in [0.5, 0.6) is 5.75 Å². The fourth-order valence-electron chi connectivity index (χ4n) is 3.14. The second kappa shape index (κ2) is 7.72. The van der Waals surface area contributed by atoms with Crippen LogP contribution in [0, 0.1) is 10.1 Å². The largest absolute Gasteiger partial charge is 0.495 e. The maximum Gasteiger partial charge on any atom is 0.273 e. The van der Waals surface area contributed by atoms with Gasteiger partial charge >= 0.3 is 0 Å². The third-order valence-electron chi connectivity index (χ3n) is 4.43. The molecule has 2 aromatic rings. The zero-order valence-corrected chi connectivity index (χ0v) is 14.8. The topological polar surface area (TPSA) is 58.8 Å². The van der Waals surface area contributed by atoms with Gasteiger partial charge in [-0.05, 0) is 24.3 Å². The van der Waals surface area contributed by atoms with Crippen molar-refractivity contribution in [2.75, 3.05) is 38.2 Å². The van der Waals surface area contributed by atoms with E-state index in [4.69, 9.17) is 16.3 Å². The van der Waals surface area contributed by atoms with Gasteiger partial charge in [-0.25, -0.2) is 0 Å². The molecule has 0 saturated carbocycles. The van der Waals surface area contributed by atoms with Crippen LogP contribution >= 0.6 is 11.6 Å². The molecule has 0 bridgehead atoms. The number of anilines is 1. The number of benzene rings is 2. The summed E-state index contributed by atoms with van der Waals surface area (Å²) in [6.45, 7) is 3.85. The van der Waals surface area contributed by atoms with Gasteiger partial charge in [-0.3, -0.25) is 15.0 Å². The Balaban J connectivity index is 1.67. The molecular weight excluding hydrogens is 342 g/mol. The monoisotopic (exact) mass is 361 g/mol. The van der Waals surface area contributed by atoms with Crippen LogP contribution in [0.2, 0.25) is 5.02 Å². The van der Waals surface area contributed by atoms with Crippen molar-refractivity contribution in [1.82, 2.24) is 4.90 Å². The lowest BCUT2D eigenvalue weighted by Gasteiger charge is -2.36. The highest BCUT2D eigenvalue weighted by Gasteiger charge is 2.22. The minimum atomic E-state index is -0.350. The van der Waals surface area contributed by atoms with Crippen molar-refractivity contribution in [2.45, 2.75) is 6.54 Å². The molecule has 2 aromatic carbocycles. The first-order chi connectivity index (χ1) is 12.1. The zero-order valence-electron chi connectivity index (χ0n) is 14.0. The predicted octanol–water partition coefficient (Wildman–Crippen LogP) is 3.58. The second-order valence-corrected chi connectivity index (χ2v) is 6.40. The van der Waals surface area contributed by atoms with Gasteiger partial charge in [-0.15, -0.1) is 0 Å². The number of nitro benzene ring substituents is 1. The van der Waals surface area contributed by atoms with E-state index in [1.807, 2.05) is 18.2 Å². The highest BCUT2D eigenvalue weighted by atomic mass is 35.5. The lowest BCUT2D eigenvalue weighted by atomic mass is 10.1. The van der Waals surface area contributed by atoms with Crippen LogP contribution in [0.15, 0.2) is 42.5 Å². The van der Waals surface area contributed by atoms with Crippen LogP contribution in [-0.4, -0.2) is 43.1 Å². The highest BCUT2D eigenvalue weighted by Crippen LogP contribution is 2.29. The van der Waals surface area contributed by atoms with Gasteiger partial charge < -0.3 is 9.64 Å². The molecule has 0 aliphatic carbocycles. The van der Waals surface area contributed by atoms with Crippen molar-refractivity contribution < 1.29 is 9.66 Å². The lowest BCUT2D eigenvalue weighted by molar-refractivity contribution is -0.385. The number of methoxy groups -OCH3 is 1. The Morgan fingerprint density at radius 1 is 1.16 bits per heavy atom. The summed E-state index contributed by atoms with van der Waals surface area (Å²) >= 11 is 6.01. The van der Waals surface area contributed by atoms with Crippen LogP contribution in [0.3, 0.4) is 0 Å². The van der Waals surface area contributed by atoms with Crippen molar-refractivity contribution >= 4 is 23.0 Å². The zero-order chi connectivity index (χ0) is 17.8. The number of hydrogen-bond donors (Lipinski definition) is 0. The summed E-state index contributed by atoms with van der Waals surface area (Å²) in [6, 6.07) is 12.7. The normalized spacial score (nSPS) is 15.2. The molecule has 6 nitrogen and oxygen atoms in total. The smallest absolute Gasteiger partial charge is 0.273 e. The van der Waals surface area contributed by atoms with E-state index in [-0.39, 0.29) is 10.6 Å². The molecule has 1 saturated heterocycles. The third kappa shape index (κ3) is 4.03. The van der Waals surface area contributed by atoms with E-state index in [9.17, 15) is 10.1 Å². The molecule has 0 radical (unpaired) electrons. The average Bonchev–Trinajstić information content (AvgIpc) is 2.62. The lowest BCUT2D eigenvalue weighted by Crippen LogP contribution is -2.46. The molecule has 1 heterocycles. The molecular formula is C18H20ClN3O3. The van der Waals surface area contributed by atoms with Gasteiger partial charge in [0.15, 0.2) is 0 Å². The molecule has 1 aliphatic heterocycles. The SMILES string of the molecule is COc1ccccc1N1CCN(Cc2cc(Cl)ccc2[N+](=O)[O-])CC1. The number of hydrogen-bond acceptors (Lipinski definition) is 5. The van der Waals surface area contributed by atoms with E-state index in [0.717, 1.165) is 37.6 Å². The maximum atomic E-state index is 11.2. The van der Waals surface area contributed by atoms with Crippen molar-refractivity contribution in [3.05, 3.63) is 63.2 Å². The molecule has 25 heavy (non-hydrogen) atoms. The number of para-hydroxylation sites is 2. The summed E-state index contributed by atoms with van der Waals surface area (Å²) in [5, 5.41) is 11.7. The Morgan fingerprint density at radius 3 is 2.56 bits per heavy atom. The number of piperazine rings is 1. The Labute approximate surface area is 151 Å². The van der Waals surface area contributed by atoms with E-state index in [1.165, 1.54) is 6.07 Å². The first-order valence-electron chi connectivity index (χ1n) is 8.11. The maximum absolute atomic E-state index is 11.2. The van der Waals surface area contributed by atoms with Crippen LogP contribution < -0.4 is 9.64 Å². The number of nitrogens with zero attached hydrogens (tertiary/aromatic N) is 3. The Hall–Kier alpha value is -2.31. The van der Waals surface area contributed by atoms with Gasteiger partial charge in [-0.2, -0.15) is 0 Å². The van der Waals surface area contributed by atoms with Crippen molar-refractivity contribution in [3.63, 3.8) is 0 Å². The van der Waals surface area contributed by atoms with E-state index >= 15 is 0 Å². The second-order valence-electron chi connectivity index (χ2n) is 5.97. The molecule has 0 unspecified atom stereocenters. The van der Waals surface area contributed by atoms with E-state index < -0.39 is 0 Å². The van der Waals surface area contributed by atoms with Crippen LogP contribution in [0.1, 0.15) is 5.56 Å². The van der Waals surface area contributed by atoms with E-state index in [1.54, 1.807) is 19.2 Å². The molecule has 0 atom stereocenters. The fourth-order valence-corrected chi connectivity index (χ4v) is 3.33. The van der Waals surface area contributed by atoms with Crippen LogP contribution in [-0.2, 0) is 6.54 Å². The van der Waals surface area contributed by atoms with Gasteiger partial charge in [0.05, 0.1) is 17.7 Å². The highest BCUT2D eigenvalue weighted by molar-refractivity contribution is 6.30. The minimum Gasteiger partial charge on any atom is -0.495 e. The number of nitro groups is 1. The summed E-state index contributed by atoms with van der Waals surface area (Å²) < 4.78 is 5.43. The van der Waals surface area contributed by atoms with Crippen LogP contribution in [0.4, 0.5) is 11.4 Å². The number of halogens is 1. The Morgan fingerprint density at radius 2 is 1.88 bits per heavy atom. The van der Waals surface area contributed by atoms with Crippen molar-refractivity contribution in [2.24, 2.45) is 0 Å². The van der Waals surface area contributed by atoms with Gasteiger partial charge in [-0.1, -0.05) is 23.7 Å². The summed E-state index contributed by atoms with van der Waals surface area (Å²) in [7, 11) is 1.67. The molecule has 3 rings (SSSR count). The van der Waals surface area contributed by atoms with Crippen molar-refractivity contribution in [1.29, 1.82) is 0 Å². The Kier molecular flexibility index (Phi) is 5.40. The first-order valence-corrected chi connectivity index (χ1v) is 8.49. The van der Waals surface area contributed by atoms with Crippen molar-refractivity contribution in [3.8, 4) is 5.75 Å². The Bertz CT molecular complexity index is 761. The molecule has 0 spiro atoms. The van der Waals surface area contributed by atoms with Gasteiger partial charge in [0.25, 0.3) is 5.69 Å². The molecule has 7 heteroatoms. The number of ether oxygens (including phenoxy) is 1. The molecule has 1 aliphatic rings. The van der Waals surface area contributed by atoms with Crippen LogP contribution in [0.25, 0.3) is 0 Å². The average molecular weight is 362 g/mol. The summed E-state index contributed by atoms with van der Waals surface area (Å²) in [5.74, 6) is 0.862. The first kappa shape index (κ1) is 17.5. The van der Waals surface area contributed by atoms with Gasteiger partial charge in [0, 0.05) is 49.4 Å². The summed E-state index contributed by atoms with van der Waals surface area (Å²) in [4.78, 5) is 15.3.